The largest absolute Gasteiger partial charge is 0.491 e. The predicted molar refractivity (Wildman–Crippen MR) is 122 cm³/mol. The summed E-state index contributed by atoms with van der Waals surface area (Å²) in [5.74, 6) is 0.488. The molecule has 1 fully saturated rings. The third kappa shape index (κ3) is 6.38. The third-order valence-corrected chi connectivity index (χ3v) is 7.28. The van der Waals surface area contributed by atoms with Crippen LogP contribution in [0.15, 0.2) is 23.2 Å². The number of benzene rings is 1. The van der Waals surface area contributed by atoms with Crippen molar-refractivity contribution < 1.29 is 26.3 Å². The summed E-state index contributed by atoms with van der Waals surface area (Å²) in [6, 6.07) is 3.88. The molecule has 2 rings (SSSR count). The fourth-order valence-electron chi connectivity index (χ4n) is 3.15. The number of ether oxygens (including phenoxy) is 1. The lowest BCUT2D eigenvalue weighted by atomic mass is 10.1. The number of hydrogen-bond acceptors (Lipinski definition) is 4. The lowest BCUT2D eigenvalue weighted by Crippen LogP contribution is -2.57. The number of guanidine groups is 1. The minimum Gasteiger partial charge on any atom is -0.491 e. The van der Waals surface area contributed by atoms with E-state index in [-0.39, 0.29) is 66.8 Å². The molecule has 11 heteroatoms. The molecule has 0 radical (unpaired) electrons. The minimum atomic E-state index is -4.53. The SMILES string of the molecule is CN=C(NCc1ccc(OC(C)C)cc1C(F)(F)F)N1CCS(=O)(=O)C(C)(C)C1.I. The van der Waals surface area contributed by atoms with Crippen molar-refractivity contribution in [3.05, 3.63) is 29.3 Å². The van der Waals surface area contributed by atoms with Crippen LogP contribution in [0.5, 0.6) is 5.75 Å². The zero-order chi connectivity index (χ0) is 22.0. The first-order chi connectivity index (χ1) is 13.3. The van der Waals surface area contributed by atoms with Gasteiger partial charge in [0.1, 0.15) is 5.75 Å². The number of nitrogens with one attached hydrogen (secondary N) is 1. The van der Waals surface area contributed by atoms with Gasteiger partial charge in [-0.25, -0.2) is 8.42 Å². The summed E-state index contributed by atoms with van der Waals surface area (Å²) in [4.78, 5) is 5.87. The maximum atomic E-state index is 13.5. The van der Waals surface area contributed by atoms with Crippen LogP contribution >= 0.6 is 24.0 Å². The van der Waals surface area contributed by atoms with Gasteiger partial charge < -0.3 is 15.0 Å². The Morgan fingerprint density at radius 1 is 1.33 bits per heavy atom. The van der Waals surface area contributed by atoms with Gasteiger partial charge in [-0.15, -0.1) is 24.0 Å². The highest BCUT2D eigenvalue weighted by atomic mass is 127. The van der Waals surface area contributed by atoms with Gasteiger partial charge in [0.2, 0.25) is 0 Å². The van der Waals surface area contributed by atoms with Gasteiger partial charge in [0.25, 0.3) is 0 Å². The maximum Gasteiger partial charge on any atom is 0.416 e. The monoisotopic (exact) mass is 563 g/mol. The second kappa shape index (κ2) is 9.92. The molecule has 0 saturated carbocycles. The molecule has 0 spiro atoms. The predicted octanol–water partition coefficient (Wildman–Crippen LogP) is 3.70. The summed E-state index contributed by atoms with van der Waals surface area (Å²) in [6.45, 7) is 7.10. The Labute approximate surface area is 193 Å². The topological polar surface area (TPSA) is 71.0 Å². The zero-order valence-corrected chi connectivity index (χ0v) is 20.9. The first kappa shape index (κ1) is 26.8. The van der Waals surface area contributed by atoms with E-state index in [9.17, 15) is 21.6 Å². The molecule has 0 amide bonds. The van der Waals surface area contributed by atoms with Crippen LogP contribution in [0.2, 0.25) is 0 Å². The number of halogens is 4. The highest BCUT2D eigenvalue weighted by Crippen LogP contribution is 2.34. The van der Waals surface area contributed by atoms with Crippen LogP contribution < -0.4 is 10.1 Å². The van der Waals surface area contributed by atoms with E-state index in [1.807, 2.05) is 0 Å². The van der Waals surface area contributed by atoms with Crippen molar-refractivity contribution in [3.8, 4) is 5.75 Å². The van der Waals surface area contributed by atoms with Gasteiger partial charge in [-0.2, -0.15) is 13.2 Å². The molecule has 1 aromatic carbocycles. The van der Waals surface area contributed by atoms with Gasteiger partial charge in [0, 0.05) is 26.7 Å². The van der Waals surface area contributed by atoms with E-state index in [0.29, 0.717) is 5.96 Å². The Kier molecular flexibility index (Phi) is 8.86. The molecule has 6 nitrogen and oxygen atoms in total. The zero-order valence-electron chi connectivity index (χ0n) is 17.7. The number of sulfone groups is 1. The number of nitrogens with zero attached hydrogens (tertiary/aromatic N) is 2. The van der Waals surface area contributed by atoms with Crippen molar-refractivity contribution in [1.29, 1.82) is 0 Å². The van der Waals surface area contributed by atoms with E-state index >= 15 is 0 Å². The molecule has 0 bridgehead atoms. The van der Waals surface area contributed by atoms with Gasteiger partial charge in [0.05, 0.1) is 22.2 Å². The highest BCUT2D eigenvalue weighted by molar-refractivity contribution is 14.0. The summed E-state index contributed by atoms with van der Waals surface area (Å²) >= 11 is 0. The quantitative estimate of drug-likeness (QED) is 0.344. The van der Waals surface area contributed by atoms with E-state index in [1.54, 1.807) is 32.6 Å². The second-order valence-electron chi connectivity index (χ2n) is 7.88. The molecule has 30 heavy (non-hydrogen) atoms. The summed E-state index contributed by atoms with van der Waals surface area (Å²) in [6.07, 6.45) is -4.77. The molecule has 0 unspecified atom stereocenters. The first-order valence-electron chi connectivity index (χ1n) is 9.31. The van der Waals surface area contributed by atoms with Gasteiger partial charge in [0.15, 0.2) is 15.8 Å². The Bertz CT molecular complexity index is 872. The average Bonchev–Trinajstić information content (AvgIpc) is 2.58. The van der Waals surface area contributed by atoms with Gasteiger partial charge in [-0.05, 0) is 45.4 Å². The summed E-state index contributed by atoms with van der Waals surface area (Å²) in [5.41, 5.74) is -0.723. The van der Waals surface area contributed by atoms with Crippen LogP contribution in [0, 0.1) is 0 Å². The molecule has 0 aromatic heterocycles. The molecular weight excluding hydrogens is 534 g/mol. The Morgan fingerprint density at radius 2 is 1.97 bits per heavy atom. The Hall–Kier alpha value is -1.24. The smallest absolute Gasteiger partial charge is 0.416 e. The lowest BCUT2D eigenvalue weighted by Gasteiger charge is -2.39. The summed E-state index contributed by atoms with van der Waals surface area (Å²) in [5, 5.41) is 2.93. The van der Waals surface area contributed by atoms with Crippen molar-refractivity contribution in [2.24, 2.45) is 4.99 Å². The van der Waals surface area contributed by atoms with Crippen molar-refractivity contribution in [1.82, 2.24) is 10.2 Å². The maximum absolute atomic E-state index is 13.5. The standard InChI is InChI=1S/C19H28F3N3O3S.HI/c1-13(2)28-15-7-6-14(16(10-15)19(20,21)22)11-24-17(23-5)25-8-9-29(26,27)18(3,4)12-25;/h6-7,10,13H,8-9,11-12H2,1-5H3,(H,23,24);1H. The van der Waals surface area contributed by atoms with Crippen molar-refractivity contribution >= 4 is 39.8 Å². The van der Waals surface area contributed by atoms with Crippen LogP contribution in [-0.2, 0) is 22.6 Å². The third-order valence-electron chi connectivity index (χ3n) is 4.75. The molecule has 1 saturated heterocycles. The van der Waals surface area contributed by atoms with Crippen LogP contribution in [0.1, 0.15) is 38.8 Å². The normalized spacial score (nSPS) is 18.7. The van der Waals surface area contributed by atoms with E-state index in [0.717, 1.165) is 6.07 Å². The van der Waals surface area contributed by atoms with Gasteiger partial charge in [-0.1, -0.05) is 6.07 Å². The highest BCUT2D eigenvalue weighted by Gasteiger charge is 2.41. The Morgan fingerprint density at radius 3 is 2.47 bits per heavy atom. The number of hydrogen-bond donors (Lipinski definition) is 1. The molecule has 1 heterocycles. The first-order valence-corrected chi connectivity index (χ1v) is 11.0. The van der Waals surface area contributed by atoms with Gasteiger partial charge >= 0.3 is 6.18 Å². The van der Waals surface area contributed by atoms with Gasteiger partial charge in [-0.3, -0.25) is 4.99 Å². The molecule has 1 aromatic rings. The van der Waals surface area contributed by atoms with Crippen LogP contribution in [0.3, 0.4) is 0 Å². The van der Waals surface area contributed by atoms with Crippen molar-refractivity contribution in [2.75, 3.05) is 25.9 Å². The Balaban J connectivity index is 0.00000450. The molecule has 0 aliphatic carbocycles. The van der Waals surface area contributed by atoms with Crippen LogP contribution in [-0.4, -0.2) is 56.0 Å². The number of alkyl halides is 3. The second-order valence-corrected chi connectivity index (χ2v) is 10.6. The molecule has 1 aliphatic heterocycles. The number of aliphatic imine (C=N–C) groups is 1. The van der Waals surface area contributed by atoms with Crippen molar-refractivity contribution in [3.63, 3.8) is 0 Å². The van der Waals surface area contributed by atoms with E-state index in [2.05, 4.69) is 10.3 Å². The fourth-order valence-corrected chi connectivity index (χ4v) is 4.52. The van der Waals surface area contributed by atoms with E-state index in [4.69, 9.17) is 4.74 Å². The fraction of sp³-hybridized carbons (Fsp3) is 0.632. The molecular formula is C19H29F3IN3O3S. The van der Waals surface area contributed by atoms with E-state index < -0.39 is 26.3 Å². The van der Waals surface area contributed by atoms with Crippen molar-refractivity contribution in [2.45, 2.75) is 51.3 Å². The number of rotatable bonds is 4. The van der Waals surface area contributed by atoms with Crippen LogP contribution in [0.25, 0.3) is 0 Å². The molecule has 1 N–H and O–H groups in total. The molecule has 172 valence electrons. The summed E-state index contributed by atoms with van der Waals surface area (Å²) < 4.78 is 69.3. The lowest BCUT2D eigenvalue weighted by molar-refractivity contribution is -0.138. The molecule has 1 aliphatic rings. The molecule has 0 atom stereocenters. The van der Waals surface area contributed by atoms with Crippen LogP contribution in [0.4, 0.5) is 13.2 Å². The van der Waals surface area contributed by atoms with E-state index in [1.165, 1.54) is 19.2 Å². The average molecular weight is 563 g/mol. The summed E-state index contributed by atoms with van der Waals surface area (Å²) in [7, 11) is -1.71. The minimum absolute atomic E-state index is 0.